The maximum atomic E-state index is 12.8. The van der Waals surface area contributed by atoms with E-state index in [1.165, 1.54) is 7.11 Å². The Morgan fingerprint density at radius 1 is 1.25 bits per heavy atom. The molecule has 2 unspecified atom stereocenters. The summed E-state index contributed by atoms with van der Waals surface area (Å²) in [5, 5.41) is -0.940. The number of carbonyl (C=O) groups excluding carboxylic acids is 2. The molecule has 0 aliphatic heterocycles. The fourth-order valence-corrected chi connectivity index (χ4v) is 4.48. The fourth-order valence-electron chi connectivity index (χ4n) is 2.87. The first-order chi connectivity index (χ1) is 13.3. The van der Waals surface area contributed by atoms with Crippen molar-refractivity contribution >= 4 is 27.6 Å². The van der Waals surface area contributed by atoms with Gasteiger partial charge >= 0.3 is 11.9 Å². The minimum Gasteiger partial charge on any atom is -0.466 e. The zero-order chi connectivity index (χ0) is 20.7. The van der Waals surface area contributed by atoms with Crippen molar-refractivity contribution in [3.05, 3.63) is 41.5 Å². The van der Waals surface area contributed by atoms with Gasteiger partial charge in [0.05, 0.1) is 18.6 Å². The number of allylic oxidation sites excluding steroid dienone is 1. The largest absolute Gasteiger partial charge is 0.466 e. The summed E-state index contributed by atoms with van der Waals surface area (Å²) < 4.78 is 38.0. The lowest BCUT2D eigenvalue weighted by Crippen LogP contribution is -2.34. The molecule has 2 atom stereocenters. The average molecular weight is 410 g/mol. The van der Waals surface area contributed by atoms with Gasteiger partial charge in [-0.3, -0.25) is 9.52 Å². The van der Waals surface area contributed by atoms with Gasteiger partial charge in [0, 0.05) is 5.69 Å². The standard InChI is InChI=1S/C20H27NO6S/c1-4-14(2)19(22)27-13-15-9-11-16(12-10-15)21-28(24,25)18-8-6-5-7-17(18)20(23)26-3/h7,9-12,14,18,21H,4-6,8,13H2,1-3H3. The molecular weight excluding hydrogens is 382 g/mol. The lowest BCUT2D eigenvalue weighted by Gasteiger charge is -2.23. The topological polar surface area (TPSA) is 98.8 Å². The number of carbonyl (C=O) groups is 2. The van der Waals surface area contributed by atoms with Crippen LogP contribution in [0, 0.1) is 5.92 Å². The quantitative estimate of drug-likeness (QED) is 0.662. The summed E-state index contributed by atoms with van der Waals surface area (Å²) in [6, 6.07) is 6.60. The van der Waals surface area contributed by atoms with Crippen molar-refractivity contribution in [1.82, 2.24) is 0 Å². The molecule has 0 saturated carbocycles. The molecule has 0 fully saturated rings. The lowest BCUT2D eigenvalue weighted by atomic mass is 9.99. The van der Waals surface area contributed by atoms with Crippen LogP contribution in [-0.4, -0.2) is 32.7 Å². The molecule has 0 amide bonds. The minimum absolute atomic E-state index is 0.133. The number of esters is 2. The summed E-state index contributed by atoms with van der Waals surface area (Å²) in [4.78, 5) is 23.6. The highest BCUT2D eigenvalue weighted by molar-refractivity contribution is 7.93. The molecule has 2 rings (SSSR count). The van der Waals surface area contributed by atoms with Gasteiger partial charge in [-0.05, 0) is 43.4 Å². The van der Waals surface area contributed by atoms with Crippen molar-refractivity contribution < 1.29 is 27.5 Å². The second kappa shape index (κ2) is 9.73. The molecule has 7 nitrogen and oxygen atoms in total. The molecule has 1 aliphatic rings. The molecule has 0 bridgehead atoms. The molecule has 0 spiro atoms. The first-order valence-corrected chi connectivity index (χ1v) is 10.9. The van der Waals surface area contributed by atoms with E-state index < -0.39 is 21.2 Å². The van der Waals surface area contributed by atoms with Gasteiger partial charge in [-0.15, -0.1) is 0 Å². The smallest absolute Gasteiger partial charge is 0.334 e. The van der Waals surface area contributed by atoms with E-state index in [2.05, 4.69) is 4.72 Å². The van der Waals surface area contributed by atoms with E-state index in [-0.39, 0.29) is 24.1 Å². The summed E-state index contributed by atoms with van der Waals surface area (Å²) in [5.41, 5.74) is 1.31. The van der Waals surface area contributed by atoms with Crippen LogP contribution < -0.4 is 4.72 Å². The van der Waals surface area contributed by atoms with E-state index in [4.69, 9.17) is 9.47 Å². The van der Waals surface area contributed by atoms with Crippen molar-refractivity contribution in [1.29, 1.82) is 0 Å². The van der Waals surface area contributed by atoms with Crippen LogP contribution in [0.25, 0.3) is 0 Å². The predicted octanol–water partition coefficient (Wildman–Crippen LogP) is 3.17. The lowest BCUT2D eigenvalue weighted by molar-refractivity contribution is -0.149. The Morgan fingerprint density at radius 3 is 2.54 bits per heavy atom. The second-order valence-electron chi connectivity index (χ2n) is 6.83. The Bertz CT molecular complexity index is 829. The Hall–Kier alpha value is -2.35. The summed E-state index contributed by atoms with van der Waals surface area (Å²) in [6.45, 7) is 3.86. The van der Waals surface area contributed by atoms with Gasteiger partial charge < -0.3 is 9.47 Å². The molecule has 28 heavy (non-hydrogen) atoms. The molecule has 154 valence electrons. The van der Waals surface area contributed by atoms with Gasteiger partial charge in [0.1, 0.15) is 11.9 Å². The number of rotatable bonds is 8. The highest BCUT2D eigenvalue weighted by Gasteiger charge is 2.34. The van der Waals surface area contributed by atoms with Gasteiger partial charge in [0.25, 0.3) is 0 Å². The molecule has 1 aromatic carbocycles. The zero-order valence-electron chi connectivity index (χ0n) is 16.4. The van der Waals surface area contributed by atoms with E-state index in [1.807, 2.05) is 13.8 Å². The van der Waals surface area contributed by atoms with Crippen LogP contribution in [0.1, 0.15) is 45.1 Å². The molecule has 0 aromatic heterocycles. The van der Waals surface area contributed by atoms with Crippen LogP contribution in [-0.2, 0) is 35.7 Å². The van der Waals surface area contributed by atoms with Gasteiger partial charge in [-0.2, -0.15) is 0 Å². The molecule has 1 N–H and O–H groups in total. The highest BCUT2D eigenvalue weighted by atomic mass is 32.2. The number of nitrogens with one attached hydrogen (secondary N) is 1. The van der Waals surface area contributed by atoms with Crippen LogP contribution >= 0.6 is 0 Å². The number of ether oxygens (including phenoxy) is 2. The van der Waals surface area contributed by atoms with Crippen molar-refractivity contribution in [3.63, 3.8) is 0 Å². The van der Waals surface area contributed by atoms with Crippen LogP contribution in [0.2, 0.25) is 0 Å². The number of methoxy groups -OCH3 is 1. The zero-order valence-corrected chi connectivity index (χ0v) is 17.3. The number of sulfonamides is 1. The SMILES string of the molecule is CCC(C)C(=O)OCc1ccc(NS(=O)(=O)C2CCCC=C2C(=O)OC)cc1. The summed E-state index contributed by atoms with van der Waals surface area (Å²) in [6.07, 6.45) is 4.05. The second-order valence-corrected chi connectivity index (χ2v) is 8.69. The first kappa shape index (κ1) is 21.9. The number of anilines is 1. The Morgan fingerprint density at radius 2 is 1.93 bits per heavy atom. The van der Waals surface area contributed by atoms with Crippen LogP contribution in [0.15, 0.2) is 35.9 Å². The van der Waals surface area contributed by atoms with Crippen molar-refractivity contribution in [2.24, 2.45) is 5.92 Å². The summed E-state index contributed by atoms with van der Waals surface area (Å²) in [7, 11) is -2.56. The minimum atomic E-state index is -3.80. The fraction of sp³-hybridized carbons (Fsp3) is 0.500. The maximum Gasteiger partial charge on any atom is 0.334 e. The van der Waals surface area contributed by atoms with Gasteiger partial charge in [0.2, 0.25) is 10.0 Å². The first-order valence-electron chi connectivity index (χ1n) is 9.34. The maximum absolute atomic E-state index is 12.8. The van der Waals surface area contributed by atoms with Crippen molar-refractivity contribution in [3.8, 4) is 0 Å². The van der Waals surface area contributed by atoms with Gasteiger partial charge in [0.15, 0.2) is 0 Å². The van der Waals surface area contributed by atoms with Crippen LogP contribution in [0.5, 0.6) is 0 Å². The van der Waals surface area contributed by atoms with Crippen molar-refractivity contribution in [2.45, 2.75) is 51.4 Å². The molecule has 0 radical (unpaired) electrons. The Labute approximate surface area is 166 Å². The molecule has 0 heterocycles. The number of hydrogen-bond acceptors (Lipinski definition) is 6. The third kappa shape index (κ3) is 5.58. The molecular formula is C20H27NO6S. The van der Waals surface area contributed by atoms with Gasteiger partial charge in [-0.25, -0.2) is 13.2 Å². The number of benzene rings is 1. The van der Waals surface area contributed by atoms with E-state index in [1.54, 1.807) is 30.3 Å². The summed E-state index contributed by atoms with van der Waals surface area (Å²) >= 11 is 0. The van der Waals surface area contributed by atoms with E-state index in [0.717, 1.165) is 5.56 Å². The third-order valence-corrected chi connectivity index (χ3v) is 6.55. The Kier molecular flexibility index (Phi) is 7.62. The monoisotopic (exact) mass is 409 g/mol. The van der Waals surface area contributed by atoms with E-state index in [0.29, 0.717) is 31.4 Å². The van der Waals surface area contributed by atoms with E-state index >= 15 is 0 Å². The molecule has 8 heteroatoms. The predicted molar refractivity (Wildman–Crippen MR) is 106 cm³/mol. The molecule has 1 aromatic rings. The normalized spacial score (nSPS) is 18.0. The average Bonchev–Trinajstić information content (AvgIpc) is 2.71. The number of hydrogen-bond donors (Lipinski definition) is 1. The van der Waals surface area contributed by atoms with Crippen molar-refractivity contribution in [2.75, 3.05) is 11.8 Å². The van der Waals surface area contributed by atoms with Crippen LogP contribution in [0.4, 0.5) is 5.69 Å². The third-order valence-electron chi connectivity index (χ3n) is 4.79. The molecule has 1 aliphatic carbocycles. The highest BCUT2D eigenvalue weighted by Crippen LogP contribution is 2.27. The van der Waals surface area contributed by atoms with E-state index in [9.17, 15) is 18.0 Å². The van der Waals surface area contributed by atoms with Gasteiger partial charge in [-0.1, -0.05) is 32.1 Å². The summed E-state index contributed by atoms with van der Waals surface area (Å²) in [5.74, 6) is -1.03. The molecule has 0 saturated heterocycles. The Balaban J connectivity index is 2.04. The van der Waals surface area contributed by atoms with Crippen LogP contribution in [0.3, 0.4) is 0 Å².